The third-order valence-corrected chi connectivity index (χ3v) is 4.46. The van der Waals surface area contributed by atoms with Gasteiger partial charge in [0, 0.05) is 30.7 Å². The standard InChI is InChI=1S/C19H19N3O4S/c1-27-20-15-7-5-6-14(12-15)18(24)26-13-17(23)22-11-10-21(19(22)25)16-8-3-2-4-9-16/h2-9,12,20H,10-11,13H2,1H3. The molecule has 0 bridgehead atoms. The summed E-state index contributed by atoms with van der Waals surface area (Å²) in [5.41, 5.74) is 1.82. The van der Waals surface area contributed by atoms with Crippen molar-refractivity contribution in [3.63, 3.8) is 0 Å². The van der Waals surface area contributed by atoms with Crippen molar-refractivity contribution in [1.29, 1.82) is 0 Å². The van der Waals surface area contributed by atoms with Gasteiger partial charge in [0.2, 0.25) is 0 Å². The van der Waals surface area contributed by atoms with E-state index in [0.29, 0.717) is 12.1 Å². The number of amides is 3. The molecule has 1 saturated heterocycles. The first-order valence-electron chi connectivity index (χ1n) is 8.33. The van der Waals surface area contributed by atoms with Crippen molar-refractivity contribution < 1.29 is 19.1 Å². The Morgan fingerprint density at radius 3 is 2.63 bits per heavy atom. The van der Waals surface area contributed by atoms with E-state index in [1.165, 1.54) is 16.8 Å². The lowest BCUT2D eigenvalue weighted by Gasteiger charge is -2.17. The van der Waals surface area contributed by atoms with Crippen LogP contribution >= 0.6 is 11.9 Å². The number of benzene rings is 2. The number of para-hydroxylation sites is 1. The van der Waals surface area contributed by atoms with Crippen LogP contribution in [-0.4, -0.2) is 48.8 Å². The molecule has 0 unspecified atom stereocenters. The number of esters is 1. The molecule has 0 atom stereocenters. The van der Waals surface area contributed by atoms with Crippen LogP contribution in [0, 0.1) is 0 Å². The van der Waals surface area contributed by atoms with Crippen LogP contribution in [0.1, 0.15) is 10.4 Å². The summed E-state index contributed by atoms with van der Waals surface area (Å²) >= 11 is 1.40. The number of carbonyl (C=O) groups excluding carboxylic acids is 3. The second kappa shape index (κ2) is 8.59. The Morgan fingerprint density at radius 1 is 1.11 bits per heavy atom. The maximum absolute atomic E-state index is 12.5. The minimum atomic E-state index is -0.611. The number of hydrogen-bond acceptors (Lipinski definition) is 6. The molecule has 140 valence electrons. The Morgan fingerprint density at radius 2 is 1.89 bits per heavy atom. The molecule has 27 heavy (non-hydrogen) atoms. The van der Waals surface area contributed by atoms with Gasteiger partial charge in [0.25, 0.3) is 5.91 Å². The van der Waals surface area contributed by atoms with Gasteiger partial charge in [-0.3, -0.25) is 14.6 Å². The van der Waals surface area contributed by atoms with Crippen molar-refractivity contribution in [2.75, 3.05) is 35.6 Å². The highest BCUT2D eigenvalue weighted by molar-refractivity contribution is 7.99. The van der Waals surface area contributed by atoms with Gasteiger partial charge in [-0.25, -0.2) is 9.59 Å². The van der Waals surface area contributed by atoms with Crippen molar-refractivity contribution >= 4 is 41.2 Å². The average Bonchev–Trinajstić information content (AvgIpc) is 3.08. The van der Waals surface area contributed by atoms with E-state index < -0.39 is 24.5 Å². The number of imide groups is 1. The number of nitrogens with one attached hydrogen (secondary N) is 1. The lowest BCUT2D eigenvalue weighted by molar-refractivity contribution is -0.130. The maximum Gasteiger partial charge on any atom is 0.338 e. The summed E-state index contributed by atoms with van der Waals surface area (Å²) in [6.07, 6.45) is 1.87. The molecule has 8 heteroatoms. The summed E-state index contributed by atoms with van der Waals surface area (Å²) in [6, 6.07) is 15.5. The second-order valence-corrected chi connectivity index (χ2v) is 6.39. The van der Waals surface area contributed by atoms with E-state index in [1.54, 1.807) is 18.2 Å². The molecule has 1 heterocycles. The molecule has 7 nitrogen and oxygen atoms in total. The lowest BCUT2D eigenvalue weighted by Crippen LogP contribution is -2.38. The number of nitrogens with zero attached hydrogens (tertiary/aromatic N) is 2. The van der Waals surface area contributed by atoms with Crippen LogP contribution in [0.25, 0.3) is 0 Å². The smallest absolute Gasteiger partial charge is 0.338 e. The molecule has 0 radical (unpaired) electrons. The summed E-state index contributed by atoms with van der Waals surface area (Å²) < 4.78 is 8.11. The number of rotatable bonds is 6. The molecule has 1 aliphatic rings. The number of urea groups is 1. The van der Waals surface area contributed by atoms with E-state index in [-0.39, 0.29) is 6.54 Å². The van der Waals surface area contributed by atoms with E-state index in [9.17, 15) is 14.4 Å². The fraction of sp³-hybridized carbons (Fsp3) is 0.211. The van der Waals surface area contributed by atoms with Gasteiger partial charge in [-0.05, 0) is 30.3 Å². The molecular weight excluding hydrogens is 366 g/mol. The van der Waals surface area contributed by atoms with Crippen molar-refractivity contribution in [1.82, 2.24) is 4.90 Å². The van der Waals surface area contributed by atoms with Gasteiger partial charge in [-0.15, -0.1) is 0 Å². The molecule has 2 aromatic carbocycles. The van der Waals surface area contributed by atoms with Gasteiger partial charge in [0.15, 0.2) is 6.61 Å². The van der Waals surface area contributed by atoms with Crippen LogP contribution in [0.2, 0.25) is 0 Å². The number of hydrogen-bond donors (Lipinski definition) is 1. The van der Waals surface area contributed by atoms with Crippen molar-refractivity contribution in [2.24, 2.45) is 0 Å². The van der Waals surface area contributed by atoms with E-state index in [0.717, 1.165) is 16.3 Å². The quantitative estimate of drug-likeness (QED) is 0.608. The van der Waals surface area contributed by atoms with Crippen molar-refractivity contribution in [3.05, 3.63) is 60.2 Å². The fourth-order valence-electron chi connectivity index (χ4n) is 2.73. The van der Waals surface area contributed by atoms with Gasteiger partial charge >= 0.3 is 12.0 Å². The van der Waals surface area contributed by atoms with Gasteiger partial charge < -0.3 is 9.46 Å². The van der Waals surface area contributed by atoms with Crippen LogP contribution < -0.4 is 9.62 Å². The van der Waals surface area contributed by atoms with E-state index in [4.69, 9.17) is 4.74 Å². The van der Waals surface area contributed by atoms with Crippen molar-refractivity contribution in [2.45, 2.75) is 0 Å². The lowest BCUT2D eigenvalue weighted by atomic mass is 10.2. The van der Waals surface area contributed by atoms with E-state index in [1.807, 2.05) is 42.7 Å². The number of carbonyl (C=O) groups is 3. The van der Waals surface area contributed by atoms with Gasteiger partial charge in [0.05, 0.1) is 5.56 Å². The first-order valence-corrected chi connectivity index (χ1v) is 9.55. The predicted molar refractivity (Wildman–Crippen MR) is 105 cm³/mol. The summed E-state index contributed by atoms with van der Waals surface area (Å²) in [6.45, 7) is 0.190. The van der Waals surface area contributed by atoms with Gasteiger partial charge in [0.1, 0.15) is 0 Å². The summed E-state index contributed by atoms with van der Waals surface area (Å²) in [7, 11) is 0. The summed E-state index contributed by atoms with van der Waals surface area (Å²) in [4.78, 5) is 39.6. The predicted octanol–water partition coefficient (Wildman–Crippen LogP) is 3.00. The molecule has 1 aliphatic heterocycles. The molecule has 2 aromatic rings. The molecule has 0 aromatic heterocycles. The van der Waals surface area contributed by atoms with Gasteiger partial charge in [-0.1, -0.05) is 36.2 Å². The highest BCUT2D eigenvalue weighted by Crippen LogP contribution is 2.20. The normalized spacial score (nSPS) is 13.6. The third-order valence-electron chi connectivity index (χ3n) is 4.02. The number of anilines is 2. The molecule has 0 aliphatic carbocycles. The zero-order chi connectivity index (χ0) is 19.2. The second-order valence-electron chi connectivity index (χ2n) is 5.78. The zero-order valence-electron chi connectivity index (χ0n) is 14.8. The molecule has 0 saturated carbocycles. The first-order chi connectivity index (χ1) is 13.1. The molecule has 3 rings (SSSR count). The Kier molecular flexibility index (Phi) is 5.97. The van der Waals surface area contributed by atoms with Crippen LogP contribution in [-0.2, 0) is 9.53 Å². The van der Waals surface area contributed by atoms with Crippen LogP contribution in [0.5, 0.6) is 0 Å². The molecular formula is C19H19N3O4S. The van der Waals surface area contributed by atoms with Gasteiger partial charge in [-0.2, -0.15) is 0 Å². The molecule has 3 amide bonds. The first kappa shape index (κ1) is 18.8. The SMILES string of the molecule is CSNc1cccc(C(=O)OCC(=O)N2CCN(c3ccccc3)C2=O)c1. The largest absolute Gasteiger partial charge is 0.452 e. The average molecular weight is 385 g/mol. The number of ether oxygens (including phenoxy) is 1. The minimum Gasteiger partial charge on any atom is -0.452 e. The van der Waals surface area contributed by atoms with E-state index in [2.05, 4.69) is 4.72 Å². The highest BCUT2D eigenvalue weighted by Gasteiger charge is 2.34. The topological polar surface area (TPSA) is 79.0 Å². The Bertz CT molecular complexity index is 844. The minimum absolute atomic E-state index is 0.261. The molecule has 1 N–H and O–H groups in total. The van der Waals surface area contributed by atoms with Crippen LogP contribution in [0.15, 0.2) is 54.6 Å². The Labute approximate surface area is 161 Å². The monoisotopic (exact) mass is 385 g/mol. The Balaban J connectivity index is 1.57. The highest BCUT2D eigenvalue weighted by atomic mass is 32.2. The molecule has 0 spiro atoms. The zero-order valence-corrected chi connectivity index (χ0v) is 15.6. The fourth-order valence-corrected chi connectivity index (χ4v) is 3.09. The summed E-state index contributed by atoms with van der Waals surface area (Å²) in [5.74, 6) is -1.15. The van der Waals surface area contributed by atoms with Crippen molar-refractivity contribution in [3.8, 4) is 0 Å². The van der Waals surface area contributed by atoms with E-state index >= 15 is 0 Å². The van der Waals surface area contributed by atoms with Crippen LogP contribution in [0.4, 0.5) is 16.2 Å². The molecule has 1 fully saturated rings. The Hall–Kier alpha value is -3.00. The van der Waals surface area contributed by atoms with Crippen LogP contribution in [0.3, 0.4) is 0 Å². The summed E-state index contributed by atoms with van der Waals surface area (Å²) in [5, 5.41) is 0. The maximum atomic E-state index is 12.5. The third kappa shape index (κ3) is 4.40.